The molecule has 3 nitrogen and oxygen atoms in total. The van der Waals surface area contributed by atoms with E-state index in [4.69, 9.17) is 4.18 Å². The summed E-state index contributed by atoms with van der Waals surface area (Å²) in [5.41, 5.74) is 6.05. The highest BCUT2D eigenvalue weighted by atomic mass is 79.9. The molecule has 0 saturated heterocycles. The normalized spacial score (nSPS) is 11.4. The molecule has 0 N–H and O–H groups in total. The zero-order valence-electron chi connectivity index (χ0n) is 15.2. The number of hydrogen-bond donors (Lipinski definition) is 0. The second-order valence-electron chi connectivity index (χ2n) is 6.43. The summed E-state index contributed by atoms with van der Waals surface area (Å²) in [6, 6.07) is 6.42. The minimum Gasteiger partial charge on any atom is -0.378 e. The van der Waals surface area contributed by atoms with Crippen LogP contribution in [0.5, 0.6) is 5.75 Å². The maximum absolute atomic E-state index is 12.7. The molecule has 0 saturated carbocycles. The largest absolute Gasteiger partial charge is 0.378 e. The van der Waals surface area contributed by atoms with Crippen LogP contribution in [0.15, 0.2) is 45.8 Å². The van der Waals surface area contributed by atoms with Crippen LogP contribution >= 0.6 is 15.9 Å². The van der Waals surface area contributed by atoms with Crippen molar-refractivity contribution in [2.24, 2.45) is 0 Å². The van der Waals surface area contributed by atoms with Gasteiger partial charge in [-0.3, -0.25) is 0 Å². The molecule has 0 aliphatic heterocycles. The zero-order valence-corrected chi connectivity index (χ0v) is 17.6. The van der Waals surface area contributed by atoms with E-state index in [1.807, 2.05) is 34.6 Å². The van der Waals surface area contributed by atoms with Crippen molar-refractivity contribution in [3.05, 3.63) is 68.7 Å². The van der Waals surface area contributed by atoms with Gasteiger partial charge in [0.2, 0.25) is 0 Å². The molecule has 25 heavy (non-hydrogen) atoms. The van der Waals surface area contributed by atoms with Gasteiger partial charge in [0, 0.05) is 4.47 Å². The fourth-order valence-electron chi connectivity index (χ4n) is 2.81. The second-order valence-corrected chi connectivity index (χ2v) is 8.89. The standard InChI is InChI=1S/C20H23BrO3S/c1-12(2)11-19-13(3)15(5)20(16(6)14(19)4)24-25(22,23)18-9-7-17(21)8-10-18/h7-10H,1,11H2,2-6H3. The summed E-state index contributed by atoms with van der Waals surface area (Å²) >= 11 is 3.31. The fraction of sp³-hybridized carbons (Fsp3) is 0.300. The molecule has 2 aromatic carbocycles. The van der Waals surface area contributed by atoms with Crippen LogP contribution in [0.2, 0.25) is 0 Å². The lowest BCUT2D eigenvalue weighted by Crippen LogP contribution is -2.13. The summed E-state index contributed by atoms with van der Waals surface area (Å²) in [5, 5.41) is 0. The molecule has 2 aromatic rings. The Bertz CT molecular complexity index is 897. The molecule has 0 aliphatic rings. The zero-order chi connectivity index (χ0) is 18.9. The van der Waals surface area contributed by atoms with Crippen molar-refractivity contribution in [3.8, 4) is 5.75 Å². The van der Waals surface area contributed by atoms with Gasteiger partial charge in [-0.05, 0) is 93.1 Å². The third-order valence-electron chi connectivity index (χ3n) is 4.49. The Morgan fingerprint density at radius 1 is 1.00 bits per heavy atom. The molecule has 0 unspecified atom stereocenters. The van der Waals surface area contributed by atoms with Crippen LogP contribution in [-0.4, -0.2) is 8.42 Å². The number of hydrogen-bond acceptors (Lipinski definition) is 3. The van der Waals surface area contributed by atoms with E-state index in [9.17, 15) is 8.42 Å². The van der Waals surface area contributed by atoms with Crippen molar-refractivity contribution in [1.29, 1.82) is 0 Å². The van der Waals surface area contributed by atoms with E-state index in [0.717, 1.165) is 38.7 Å². The molecule has 0 heterocycles. The first-order valence-electron chi connectivity index (χ1n) is 7.98. The summed E-state index contributed by atoms with van der Waals surface area (Å²) in [4.78, 5) is 0.135. The maximum atomic E-state index is 12.7. The summed E-state index contributed by atoms with van der Waals surface area (Å²) < 4.78 is 31.7. The van der Waals surface area contributed by atoms with Crippen molar-refractivity contribution >= 4 is 26.0 Å². The second kappa shape index (κ2) is 7.34. The summed E-state index contributed by atoms with van der Waals surface area (Å²) in [7, 11) is -3.88. The van der Waals surface area contributed by atoms with Crippen LogP contribution in [0.25, 0.3) is 0 Å². The average molecular weight is 423 g/mol. The number of halogens is 1. The Morgan fingerprint density at radius 3 is 1.92 bits per heavy atom. The van der Waals surface area contributed by atoms with Crippen LogP contribution in [0.1, 0.15) is 34.7 Å². The van der Waals surface area contributed by atoms with Gasteiger partial charge in [0.15, 0.2) is 0 Å². The molecular formula is C20H23BrO3S. The van der Waals surface area contributed by atoms with E-state index in [2.05, 4.69) is 22.5 Å². The Kier molecular flexibility index (Phi) is 5.79. The van der Waals surface area contributed by atoms with Crippen molar-refractivity contribution in [1.82, 2.24) is 0 Å². The Morgan fingerprint density at radius 2 is 1.48 bits per heavy atom. The van der Waals surface area contributed by atoms with E-state index in [0.29, 0.717) is 5.75 Å². The molecule has 0 spiro atoms. The van der Waals surface area contributed by atoms with Crippen LogP contribution in [0, 0.1) is 27.7 Å². The first-order valence-corrected chi connectivity index (χ1v) is 10.2. The van der Waals surface area contributed by atoms with Crippen molar-refractivity contribution in [2.75, 3.05) is 0 Å². The molecule has 5 heteroatoms. The van der Waals surface area contributed by atoms with Gasteiger partial charge in [0.1, 0.15) is 10.6 Å². The average Bonchev–Trinajstić information content (AvgIpc) is 2.54. The van der Waals surface area contributed by atoms with Gasteiger partial charge in [-0.25, -0.2) is 0 Å². The molecule has 0 aromatic heterocycles. The predicted molar refractivity (Wildman–Crippen MR) is 106 cm³/mol. The molecule has 0 atom stereocenters. The van der Waals surface area contributed by atoms with Crippen LogP contribution in [0.4, 0.5) is 0 Å². The topological polar surface area (TPSA) is 43.4 Å². The number of benzene rings is 2. The Labute approximate surface area is 159 Å². The monoisotopic (exact) mass is 422 g/mol. The van der Waals surface area contributed by atoms with E-state index in [1.54, 1.807) is 12.1 Å². The molecular weight excluding hydrogens is 400 g/mol. The lowest BCUT2D eigenvalue weighted by Gasteiger charge is -2.20. The summed E-state index contributed by atoms with van der Waals surface area (Å²) in [5.74, 6) is 0.420. The Hall–Kier alpha value is -1.59. The molecule has 0 bridgehead atoms. The van der Waals surface area contributed by atoms with Gasteiger partial charge in [0.25, 0.3) is 0 Å². The highest BCUT2D eigenvalue weighted by Crippen LogP contribution is 2.35. The quantitative estimate of drug-likeness (QED) is 0.467. The van der Waals surface area contributed by atoms with Gasteiger partial charge in [-0.2, -0.15) is 8.42 Å². The van der Waals surface area contributed by atoms with Gasteiger partial charge >= 0.3 is 10.1 Å². The first kappa shape index (κ1) is 19.7. The Balaban J connectivity index is 2.53. The van der Waals surface area contributed by atoms with Crippen LogP contribution in [0.3, 0.4) is 0 Å². The van der Waals surface area contributed by atoms with E-state index in [-0.39, 0.29) is 4.90 Å². The van der Waals surface area contributed by atoms with Crippen molar-refractivity contribution in [3.63, 3.8) is 0 Å². The highest BCUT2D eigenvalue weighted by molar-refractivity contribution is 9.10. The minimum atomic E-state index is -3.88. The molecule has 0 radical (unpaired) electrons. The third kappa shape index (κ3) is 4.15. The van der Waals surface area contributed by atoms with E-state index < -0.39 is 10.1 Å². The number of rotatable bonds is 5. The molecule has 0 amide bonds. The van der Waals surface area contributed by atoms with Gasteiger partial charge in [-0.1, -0.05) is 28.1 Å². The third-order valence-corrected chi connectivity index (χ3v) is 6.25. The molecule has 2 rings (SSSR count). The van der Waals surface area contributed by atoms with E-state index in [1.165, 1.54) is 17.7 Å². The minimum absolute atomic E-state index is 0.135. The van der Waals surface area contributed by atoms with Gasteiger partial charge in [-0.15, -0.1) is 0 Å². The number of allylic oxidation sites excluding steroid dienone is 1. The molecule has 0 aliphatic carbocycles. The van der Waals surface area contributed by atoms with Crippen molar-refractivity contribution in [2.45, 2.75) is 45.9 Å². The highest BCUT2D eigenvalue weighted by Gasteiger charge is 2.22. The molecule has 0 fully saturated rings. The summed E-state index contributed by atoms with van der Waals surface area (Å²) in [6.07, 6.45) is 0.777. The van der Waals surface area contributed by atoms with Crippen LogP contribution in [-0.2, 0) is 16.5 Å². The first-order chi connectivity index (χ1) is 11.5. The SMILES string of the molecule is C=C(C)Cc1c(C)c(C)c(OS(=O)(=O)c2ccc(Br)cc2)c(C)c1C. The predicted octanol–water partition coefficient (Wildman–Crippen LogP) is 5.57. The van der Waals surface area contributed by atoms with Crippen LogP contribution < -0.4 is 4.18 Å². The smallest absolute Gasteiger partial charge is 0.339 e. The molecule has 134 valence electrons. The summed E-state index contributed by atoms with van der Waals surface area (Å²) in [6.45, 7) is 13.8. The van der Waals surface area contributed by atoms with Gasteiger partial charge in [0.05, 0.1) is 0 Å². The van der Waals surface area contributed by atoms with E-state index >= 15 is 0 Å². The lowest BCUT2D eigenvalue weighted by molar-refractivity contribution is 0.481. The lowest BCUT2D eigenvalue weighted by atomic mass is 9.90. The maximum Gasteiger partial charge on any atom is 0.339 e. The fourth-order valence-corrected chi connectivity index (χ4v) is 4.11. The van der Waals surface area contributed by atoms with Crippen molar-refractivity contribution < 1.29 is 12.6 Å². The van der Waals surface area contributed by atoms with Gasteiger partial charge < -0.3 is 4.18 Å².